The van der Waals surface area contributed by atoms with E-state index in [2.05, 4.69) is 15.0 Å². The first-order valence-electron chi connectivity index (χ1n) is 6.13. The van der Waals surface area contributed by atoms with Crippen LogP contribution in [0.4, 0.5) is 5.69 Å². The zero-order valence-electron chi connectivity index (χ0n) is 11.6. The molecule has 7 heteroatoms. The Morgan fingerprint density at radius 1 is 1.25 bits per heavy atom. The van der Waals surface area contributed by atoms with Crippen LogP contribution in [0.3, 0.4) is 0 Å². The van der Waals surface area contributed by atoms with Gasteiger partial charge in [0.1, 0.15) is 10.7 Å². The smallest absolute Gasteiger partial charge is 0.242 e. The molecule has 6 nitrogen and oxygen atoms in total. The van der Waals surface area contributed by atoms with Crippen LogP contribution in [-0.4, -0.2) is 20.4 Å². The number of nitrogens with zero attached hydrogens (tertiary/aromatic N) is 1. The molecule has 108 valence electrons. The molecule has 0 atom stereocenters. The molecule has 0 unspecified atom stereocenters. The summed E-state index contributed by atoms with van der Waals surface area (Å²) < 4.78 is 31.6. The van der Waals surface area contributed by atoms with Gasteiger partial charge in [0.25, 0.3) is 0 Å². The maximum absolute atomic E-state index is 11.9. The van der Waals surface area contributed by atoms with Gasteiger partial charge in [0.15, 0.2) is 0 Å². The molecule has 2 rings (SSSR count). The second-order valence-electron chi connectivity index (χ2n) is 4.31. The first kappa shape index (κ1) is 14.5. The van der Waals surface area contributed by atoms with Crippen LogP contribution < -0.4 is 10.0 Å². The average molecular weight is 295 g/mol. The fourth-order valence-electron chi connectivity index (χ4n) is 1.74. The van der Waals surface area contributed by atoms with Gasteiger partial charge in [-0.25, -0.2) is 18.1 Å². The molecule has 0 spiro atoms. The number of hydrogen-bond donors (Lipinski definition) is 2. The topological polar surface area (TPSA) is 84.2 Å². The molecule has 0 radical (unpaired) electrons. The van der Waals surface area contributed by atoms with Crippen LogP contribution in [-0.2, 0) is 16.6 Å². The molecule has 1 aromatic heterocycles. The van der Waals surface area contributed by atoms with Crippen molar-refractivity contribution in [3.8, 4) is 0 Å². The number of nitrogens with one attached hydrogen (secondary N) is 2. The van der Waals surface area contributed by atoms with Gasteiger partial charge >= 0.3 is 0 Å². The SMILES string of the molecule is CNS(=O)(=O)c1ccccc1NCc1nc(C)c(C)o1. The largest absolute Gasteiger partial charge is 0.444 e. The number of benzene rings is 1. The van der Waals surface area contributed by atoms with Crippen molar-refractivity contribution in [1.29, 1.82) is 0 Å². The first-order chi connectivity index (χ1) is 9.44. The Kier molecular flexibility index (Phi) is 4.10. The Morgan fingerprint density at radius 3 is 2.55 bits per heavy atom. The van der Waals surface area contributed by atoms with Crippen LogP contribution in [0, 0.1) is 13.8 Å². The van der Waals surface area contributed by atoms with Crippen LogP contribution >= 0.6 is 0 Å². The fourth-order valence-corrected chi connectivity index (χ4v) is 2.65. The van der Waals surface area contributed by atoms with E-state index in [9.17, 15) is 8.42 Å². The minimum atomic E-state index is -3.50. The number of rotatable bonds is 5. The lowest BCUT2D eigenvalue weighted by atomic mass is 10.3. The quantitative estimate of drug-likeness (QED) is 0.879. The molecule has 0 aliphatic heterocycles. The fraction of sp³-hybridized carbons (Fsp3) is 0.308. The summed E-state index contributed by atoms with van der Waals surface area (Å²) in [5.41, 5.74) is 1.34. The number of aromatic nitrogens is 1. The monoisotopic (exact) mass is 295 g/mol. The van der Waals surface area contributed by atoms with Crippen molar-refractivity contribution >= 4 is 15.7 Å². The van der Waals surface area contributed by atoms with E-state index in [4.69, 9.17) is 4.42 Å². The molecule has 2 N–H and O–H groups in total. The normalized spacial score (nSPS) is 11.6. The molecule has 0 aliphatic rings. The summed E-state index contributed by atoms with van der Waals surface area (Å²) in [5, 5.41) is 3.04. The Hall–Kier alpha value is -1.86. The lowest BCUT2D eigenvalue weighted by Gasteiger charge is -2.10. The Bertz CT molecular complexity index is 688. The molecule has 1 aromatic carbocycles. The van der Waals surface area contributed by atoms with Crippen LogP contribution in [0.1, 0.15) is 17.3 Å². The van der Waals surface area contributed by atoms with Gasteiger partial charge in [0.05, 0.1) is 17.9 Å². The standard InChI is InChI=1S/C13H17N3O3S/c1-9-10(2)19-13(16-9)8-15-11-6-4-5-7-12(11)20(17,18)14-3/h4-7,14-15H,8H2,1-3H3. The van der Waals surface area contributed by atoms with Crippen molar-refractivity contribution in [3.63, 3.8) is 0 Å². The zero-order valence-corrected chi connectivity index (χ0v) is 12.4. The highest BCUT2D eigenvalue weighted by atomic mass is 32.2. The van der Waals surface area contributed by atoms with Crippen LogP contribution in [0.15, 0.2) is 33.6 Å². The van der Waals surface area contributed by atoms with Crippen molar-refractivity contribution in [2.24, 2.45) is 0 Å². The molecule has 0 aliphatic carbocycles. The number of hydrogen-bond acceptors (Lipinski definition) is 5. The maximum Gasteiger partial charge on any atom is 0.242 e. The van der Waals surface area contributed by atoms with E-state index in [1.54, 1.807) is 24.3 Å². The third-order valence-electron chi connectivity index (χ3n) is 2.95. The molecule has 1 heterocycles. The van der Waals surface area contributed by atoms with Crippen molar-refractivity contribution in [2.45, 2.75) is 25.3 Å². The number of aryl methyl sites for hydroxylation is 2. The van der Waals surface area contributed by atoms with Crippen LogP contribution in [0.5, 0.6) is 0 Å². The summed E-state index contributed by atoms with van der Waals surface area (Å²) in [6.45, 7) is 4.03. The number of para-hydroxylation sites is 1. The summed E-state index contributed by atoms with van der Waals surface area (Å²) in [5.74, 6) is 1.29. The molecule has 0 bridgehead atoms. The van der Waals surface area contributed by atoms with E-state index < -0.39 is 10.0 Å². The predicted octanol–water partition coefficient (Wildman–Crippen LogP) is 1.81. The van der Waals surface area contributed by atoms with Gasteiger partial charge in [-0.15, -0.1) is 0 Å². The number of sulfonamides is 1. The minimum Gasteiger partial charge on any atom is -0.444 e. The van der Waals surface area contributed by atoms with Crippen molar-refractivity contribution < 1.29 is 12.8 Å². The van der Waals surface area contributed by atoms with Crippen molar-refractivity contribution in [2.75, 3.05) is 12.4 Å². The highest BCUT2D eigenvalue weighted by Gasteiger charge is 2.16. The summed E-state index contributed by atoms with van der Waals surface area (Å²) in [6.07, 6.45) is 0. The van der Waals surface area contributed by atoms with Gasteiger partial charge in [-0.3, -0.25) is 0 Å². The molecular weight excluding hydrogens is 278 g/mol. The van der Waals surface area contributed by atoms with Gasteiger partial charge in [0.2, 0.25) is 15.9 Å². The summed E-state index contributed by atoms with van der Waals surface area (Å²) in [4.78, 5) is 4.44. The van der Waals surface area contributed by atoms with Gasteiger partial charge in [0, 0.05) is 0 Å². The van der Waals surface area contributed by atoms with E-state index in [-0.39, 0.29) is 4.90 Å². The van der Waals surface area contributed by atoms with Gasteiger partial charge in [-0.05, 0) is 33.0 Å². The minimum absolute atomic E-state index is 0.197. The molecule has 20 heavy (non-hydrogen) atoms. The van der Waals surface area contributed by atoms with E-state index in [0.29, 0.717) is 18.1 Å². The Balaban J connectivity index is 2.22. The predicted molar refractivity (Wildman–Crippen MR) is 76.0 cm³/mol. The summed E-state index contributed by atoms with van der Waals surface area (Å²) >= 11 is 0. The number of oxazole rings is 1. The lowest BCUT2D eigenvalue weighted by Crippen LogP contribution is -2.20. The lowest BCUT2D eigenvalue weighted by molar-refractivity contribution is 0.478. The van der Waals surface area contributed by atoms with Crippen molar-refractivity contribution in [3.05, 3.63) is 41.6 Å². The van der Waals surface area contributed by atoms with E-state index in [1.807, 2.05) is 13.8 Å². The first-order valence-corrected chi connectivity index (χ1v) is 7.61. The molecular formula is C13H17N3O3S. The molecule has 0 saturated carbocycles. The Labute approximate surface area is 118 Å². The average Bonchev–Trinajstić information content (AvgIpc) is 2.76. The third kappa shape index (κ3) is 3.00. The van der Waals surface area contributed by atoms with Gasteiger partial charge in [-0.1, -0.05) is 12.1 Å². The third-order valence-corrected chi connectivity index (χ3v) is 4.42. The van der Waals surface area contributed by atoms with E-state index >= 15 is 0 Å². The summed E-state index contributed by atoms with van der Waals surface area (Å²) in [6, 6.07) is 6.69. The highest BCUT2D eigenvalue weighted by Crippen LogP contribution is 2.21. The molecule has 0 fully saturated rings. The Morgan fingerprint density at radius 2 is 1.95 bits per heavy atom. The van der Waals surface area contributed by atoms with Crippen LogP contribution in [0.25, 0.3) is 0 Å². The van der Waals surface area contributed by atoms with E-state index in [0.717, 1.165) is 11.5 Å². The van der Waals surface area contributed by atoms with Crippen LogP contribution in [0.2, 0.25) is 0 Å². The van der Waals surface area contributed by atoms with Gasteiger partial charge in [-0.2, -0.15) is 0 Å². The second-order valence-corrected chi connectivity index (χ2v) is 6.16. The number of anilines is 1. The summed E-state index contributed by atoms with van der Waals surface area (Å²) in [7, 11) is -2.12. The van der Waals surface area contributed by atoms with Gasteiger partial charge < -0.3 is 9.73 Å². The van der Waals surface area contributed by atoms with Crippen molar-refractivity contribution in [1.82, 2.24) is 9.71 Å². The molecule has 0 amide bonds. The highest BCUT2D eigenvalue weighted by molar-refractivity contribution is 7.89. The van der Waals surface area contributed by atoms with E-state index in [1.165, 1.54) is 7.05 Å². The molecule has 2 aromatic rings. The second kappa shape index (κ2) is 5.64. The zero-order chi connectivity index (χ0) is 14.8. The maximum atomic E-state index is 11.9. The molecule has 0 saturated heterocycles.